The maximum atomic E-state index is 12.7. The van der Waals surface area contributed by atoms with Gasteiger partial charge >= 0.3 is 21.0 Å². The minimum atomic E-state index is -2.55. The van der Waals surface area contributed by atoms with Crippen LogP contribution in [-0.4, -0.2) is 67.0 Å². The number of amides is 2. The first-order chi connectivity index (χ1) is 26.1. The Bertz CT molecular complexity index is 1580. The molecule has 0 radical (unpaired) electrons. The van der Waals surface area contributed by atoms with E-state index in [1.807, 2.05) is 114 Å². The quantitative estimate of drug-likeness (QED) is 0.0582. The van der Waals surface area contributed by atoms with Gasteiger partial charge < -0.3 is 33.4 Å². The van der Waals surface area contributed by atoms with E-state index in [1.165, 1.54) is 0 Å². The Labute approximate surface area is 336 Å². The van der Waals surface area contributed by atoms with Crippen LogP contribution in [0.15, 0.2) is 86.0 Å². The van der Waals surface area contributed by atoms with Crippen molar-refractivity contribution in [1.82, 2.24) is 10.6 Å². The summed E-state index contributed by atoms with van der Waals surface area (Å²) < 4.78 is 27.6. The van der Waals surface area contributed by atoms with Crippen molar-refractivity contribution in [1.29, 1.82) is 0 Å². The molecule has 0 fully saturated rings. The number of hydrogen-bond acceptors (Lipinski definition) is 8. The second-order valence-corrected chi connectivity index (χ2v) is 19.2. The van der Waals surface area contributed by atoms with Crippen LogP contribution in [0, 0.1) is 5.92 Å². The second kappa shape index (κ2) is 24.1. The zero-order valence-corrected chi connectivity index (χ0v) is 36.6. The SMILES string of the molecule is C=C(C)c1cccc(C(C)(C)NC(=O)OC/C=C/CCC(C/C=C/COC(=O)NC(C)(C)c2cccc(C(=C)C)c2)CCSCCC[Si](OC)(OC)OC)c1. The Hall–Kier alpha value is -3.61. The van der Waals surface area contributed by atoms with Gasteiger partial charge in [0.25, 0.3) is 0 Å². The van der Waals surface area contributed by atoms with Crippen molar-refractivity contribution < 1.29 is 32.3 Å². The number of nitrogens with one attached hydrogen (secondary N) is 2. The normalized spacial score (nSPS) is 12.8. The van der Waals surface area contributed by atoms with Crippen molar-refractivity contribution >= 4 is 43.9 Å². The molecule has 2 aromatic rings. The highest BCUT2D eigenvalue weighted by atomic mass is 32.2. The molecular formula is C44H66N2O7SSi. The van der Waals surface area contributed by atoms with E-state index in [0.717, 1.165) is 83.1 Å². The van der Waals surface area contributed by atoms with E-state index in [2.05, 4.69) is 35.9 Å². The molecule has 2 aromatic carbocycles. The number of carbonyl (C=O) groups excluding carboxylic acids is 2. The standard InChI is InChI=1S/C44H66N2O7SSi/c1-34(2)37-22-17-24-39(32-37)43(5,6)45-41(47)52-27-15-12-13-20-36(26-30-54-29-19-31-55(49-9,50-10)51-11)21-14-16-28-53-42(48)46-44(7,8)40-25-18-23-38(33-40)35(3)4/h12,14-18,22-25,32-33,36H,1,3,13,19-21,26-31H2,2,4-11H3,(H,45,47)(H,46,48)/b15-12+,16-14+. The van der Waals surface area contributed by atoms with Gasteiger partial charge in [-0.2, -0.15) is 11.8 Å². The average Bonchev–Trinajstić information content (AvgIpc) is 3.15. The Kier molecular flexibility index (Phi) is 20.8. The van der Waals surface area contributed by atoms with Crippen molar-refractivity contribution in [3.05, 3.63) is 108 Å². The van der Waals surface area contributed by atoms with E-state index in [-0.39, 0.29) is 13.2 Å². The molecule has 0 saturated carbocycles. The number of rotatable bonds is 25. The lowest BCUT2D eigenvalue weighted by molar-refractivity contribution is 0.123. The van der Waals surface area contributed by atoms with E-state index in [4.69, 9.17) is 22.8 Å². The molecule has 304 valence electrons. The molecule has 55 heavy (non-hydrogen) atoms. The number of carbonyl (C=O) groups is 2. The summed E-state index contributed by atoms with van der Waals surface area (Å²) in [7, 11) is 2.39. The van der Waals surface area contributed by atoms with Crippen molar-refractivity contribution in [2.75, 3.05) is 46.0 Å². The Morgan fingerprint density at radius 3 is 1.71 bits per heavy atom. The number of hydrogen-bond donors (Lipinski definition) is 2. The molecule has 2 amide bonds. The summed E-state index contributed by atoms with van der Waals surface area (Å²) >= 11 is 1.92. The number of ether oxygens (including phenoxy) is 2. The van der Waals surface area contributed by atoms with Crippen LogP contribution in [0.25, 0.3) is 11.1 Å². The summed E-state index contributed by atoms with van der Waals surface area (Å²) in [5, 5.41) is 5.96. The van der Waals surface area contributed by atoms with Gasteiger partial charge in [0.2, 0.25) is 0 Å². The minimum Gasteiger partial charge on any atom is -0.445 e. The fraction of sp³-hybridized carbons (Fsp3) is 0.500. The van der Waals surface area contributed by atoms with Crippen LogP contribution in [0.3, 0.4) is 0 Å². The number of alkyl carbamates (subject to hydrolysis) is 2. The predicted octanol–water partition coefficient (Wildman–Crippen LogP) is 10.7. The van der Waals surface area contributed by atoms with Gasteiger partial charge in [0, 0.05) is 27.4 Å². The molecule has 0 heterocycles. The third-order valence-corrected chi connectivity index (χ3v) is 13.5. The Morgan fingerprint density at radius 2 is 1.24 bits per heavy atom. The molecule has 0 saturated heterocycles. The second-order valence-electron chi connectivity index (χ2n) is 14.8. The molecule has 0 aliphatic rings. The van der Waals surface area contributed by atoms with Gasteiger partial charge in [-0.15, -0.1) is 0 Å². The lowest BCUT2D eigenvalue weighted by Crippen LogP contribution is -2.42. The predicted molar refractivity (Wildman–Crippen MR) is 231 cm³/mol. The summed E-state index contributed by atoms with van der Waals surface area (Å²) in [5.41, 5.74) is 4.77. The average molecular weight is 795 g/mol. The molecule has 0 aliphatic heterocycles. The van der Waals surface area contributed by atoms with Crippen molar-refractivity contribution in [2.24, 2.45) is 5.92 Å². The highest BCUT2D eigenvalue weighted by Gasteiger charge is 2.36. The van der Waals surface area contributed by atoms with Crippen molar-refractivity contribution in [3.8, 4) is 0 Å². The summed E-state index contributed by atoms with van der Waals surface area (Å²) in [6.45, 7) is 20.2. The van der Waals surface area contributed by atoms with Crippen molar-refractivity contribution in [3.63, 3.8) is 0 Å². The maximum absolute atomic E-state index is 12.7. The topological polar surface area (TPSA) is 104 Å². The van der Waals surface area contributed by atoms with E-state index in [9.17, 15) is 9.59 Å². The monoisotopic (exact) mass is 794 g/mol. The lowest BCUT2D eigenvalue weighted by atomic mass is 9.92. The van der Waals surface area contributed by atoms with Gasteiger partial charge in [-0.3, -0.25) is 0 Å². The summed E-state index contributed by atoms with van der Waals surface area (Å²) in [6.07, 6.45) is 11.8. The first-order valence-corrected chi connectivity index (χ1v) is 22.1. The highest BCUT2D eigenvalue weighted by Crippen LogP contribution is 2.26. The van der Waals surface area contributed by atoms with Crippen LogP contribution in [0.2, 0.25) is 6.04 Å². The molecule has 0 aliphatic carbocycles. The molecule has 0 bridgehead atoms. The molecule has 11 heteroatoms. The zero-order valence-electron chi connectivity index (χ0n) is 34.8. The summed E-state index contributed by atoms with van der Waals surface area (Å²) in [4.78, 5) is 25.3. The van der Waals surface area contributed by atoms with Crippen LogP contribution in [0.4, 0.5) is 9.59 Å². The lowest BCUT2D eigenvalue weighted by Gasteiger charge is -2.27. The van der Waals surface area contributed by atoms with Crippen molar-refractivity contribution in [2.45, 2.75) is 90.8 Å². The fourth-order valence-corrected chi connectivity index (χ4v) is 8.91. The minimum absolute atomic E-state index is 0.189. The first-order valence-electron chi connectivity index (χ1n) is 19.0. The molecule has 2 N–H and O–H groups in total. The smallest absolute Gasteiger partial charge is 0.445 e. The number of benzene rings is 2. The highest BCUT2D eigenvalue weighted by molar-refractivity contribution is 7.99. The van der Waals surface area contributed by atoms with Gasteiger partial charge in [0.05, 0.1) is 11.1 Å². The summed E-state index contributed by atoms with van der Waals surface area (Å²) in [5.74, 6) is 2.46. The van der Waals surface area contributed by atoms with Gasteiger partial charge in [-0.05, 0) is 125 Å². The summed E-state index contributed by atoms with van der Waals surface area (Å²) in [6, 6.07) is 16.8. The van der Waals surface area contributed by atoms with E-state index in [0.29, 0.717) is 5.92 Å². The van der Waals surface area contributed by atoms with Crippen LogP contribution >= 0.6 is 11.8 Å². The van der Waals surface area contributed by atoms with E-state index >= 15 is 0 Å². The molecule has 0 spiro atoms. The third kappa shape index (κ3) is 17.4. The van der Waals surface area contributed by atoms with Crippen LogP contribution in [0.1, 0.15) is 95.9 Å². The number of allylic oxidation sites excluding steroid dienone is 4. The Balaban J connectivity index is 1.87. The largest absolute Gasteiger partial charge is 0.500 e. The molecule has 1 unspecified atom stereocenters. The van der Waals surface area contributed by atoms with E-state index < -0.39 is 32.1 Å². The molecule has 2 rings (SSSR count). The zero-order chi connectivity index (χ0) is 40.9. The first kappa shape index (κ1) is 47.5. The molecule has 9 nitrogen and oxygen atoms in total. The van der Waals surface area contributed by atoms with Crippen LogP contribution < -0.4 is 10.6 Å². The number of thioether (sulfide) groups is 1. The Morgan fingerprint density at radius 1 is 0.745 bits per heavy atom. The van der Waals surface area contributed by atoms with Gasteiger partial charge in [0.1, 0.15) is 13.2 Å². The van der Waals surface area contributed by atoms with Crippen LogP contribution in [0.5, 0.6) is 0 Å². The van der Waals surface area contributed by atoms with E-state index in [1.54, 1.807) is 21.3 Å². The van der Waals surface area contributed by atoms with Crippen LogP contribution in [-0.2, 0) is 33.8 Å². The van der Waals surface area contributed by atoms with Gasteiger partial charge in [-0.25, -0.2) is 9.59 Å². The van der Waals surface area contributed by atoms with Gasteiger partial charge in [-0.1, -0.05) is 85.0 Å². The third-order valence-electron chi connectivity index (χ3n) is 9.52. The maximum Gasteiger partial charge on any atom is 0.500 e. The molecule has 1 atom stereocenters. The van der Waals surface area contributed by atoms with Gasteiger partial charge in [0.15, 0.2) is 0 Å². The molecule has 0 aromatic heterocycles. The fourth-order valence-electron chi connectivity index (χ4n) is 5.87. The molecular weight excluding hydrogens is 729 g/mol.